The van der Waals surface area contributed by atoms with Crippen LogP contribution in [0.4, 0.5) is 5.82 Å². The molecule has 3 aromatic heterocycles. The van der Waals surface area contributed by atoms with Crippen LogP contribution in [0.15, 0.2) is 39.6 Å². The second kappa shape index (κ2) is 6.89. The normalized spacial score (nSPS) is 15.5. The molecular formula is C16H18N6O3. The van der Waals surface area contributed by atoms with Crippen molar-refractivity contribution < 1.29 is 13.6 Å². The molecule has 9 nitrogen and oxygen atoms in total. The molecule has 4 heterocycles. The summed E-state index contributed by atoms with van der Waals surface area (Å²) in [6.45, 7) is 4.06. The summed E-state index contributed by atoms with van der Waals surface area (Å²) in [4.78, 5) is 13.0. The molecule has 0 spiro atoms. The fraction of sp³-hybridized carbons (Fsp3) is 0.375. The highest BCUT2D eigenvalue weighted by atomic mass is 16.5. The van der Waals surface area contributed by atoms with Crippen molar-refractivity contribution in [2.75, 3.05) is 38.2 Å². The van der Waals surface area contributed by atoms with Gasteiger partial charge in [0.25, 0.3) is 5.89 Å². The van der Waals surface area contributed by atoms with E-state index in [1.807, 2.05) is 0 Å². The van der Waals surface area contributed by atoms with E-state index in [9.17, 15) is 0 Å². The zero-order valence-corrected chi connectivity index (χ0v) is 13.8. The van der Waals surface area contributed by atoms with Crippen LogP contribution in [0.3, 0.4) is 0 Å². The van der Waals surface area contributed by atoms with Gasteiger partial charge in [-0.3, -0.25) is 9.88 Å². The summed E-state index contributed by atoms with van der Waals surface area (Å²) in [6.07, 6.45) is 4.94. The number of nitrogens with zero attached hydrogens (tertiary/aromatic N) is 6. The summed E-state index contributed by atoms with van der Waals surface area (Å²) in [7, 11) is 1.59. The first-order valence-corrected chi connectivity index (χ1v) is 8.01. The van der Waals surface area contributed by atoms with Gasteiger partial charge in [0.05, 0.1) is 32.3 Å². The van der Waals surface area contributed by atoms with Gasteiger partial charge in [-0.25, -0.2) is 0 Å². The molecule has 130 valence electrons. The predicted molar refractivity (Wildman–Crippen MR) is 88.1 cm³/mol. The van der Waals surface area contributed by atoms with Gasteiger partial charge in [-0.05, 0) is 12.1 Å². The summed E-state index contributed by atoms with van der Waals surface area (Å²) in [6, 6.07) is 3.59. The fourth-order valence-electron chi connectivity index (χ4n) is 2.73. The number of hydrogen-bond acceptors (Lipinski definition) is 9. The molecule has 9 heteroatoms. The van der Waals surface area contributed by atoms with Crippen LogP contribution in [0.2, 0.25) is 0 Å². The Kier molecular flexibility index (Phi) is 4.30. The molecule has 0 atom stereocenters. The van der Waals surface area contributed by atoms with E-state index >= 15 is 0 Å². The molecule has 1 aliphatic rings. The van der Waals surface area contributed by atoms with Crippen molar-refractivity contribution in [3.05, 3.63) is 36.7 Å². The number of aromatic nitrogens is 4. The predicted octanol–water partition coefficient (Wildman–Crippen LogP) is 1.45. The average Bonchev–Trinajstić information content (AvgIpc) is 3.34. The SMILES string of the molecule is COc1cncc(N2CCN(Cc3nnc(-c4ccco4)o3)CC2)n1. The van der Waals surface area contributed by atoms with Gasteiger partial charge in [0, 0.05) is 26.2 Å². The highest BCUT2D eigenvalue weighted by Crippen LogP contribution is 2.20. The Morgan fingerprint density at radius 3 is 2.80 bits per heavy atom. The number of rotatable bonds is 5. The zero-order chi connectivity index (χ0) is 17.1. The third-order valence-electron chi connectivity index (χ3n) is 4.06. The third kappa shape index (κ3) is 3.45. The van der Waals surface area contributed by atoms with E-state index in [2.05, 4.69) is 30.0 Å². The molecular weight excluding hydrogens is 324 g/mol. The maximum absolute atomic E-state index is 5.66. The second-order valence-corrected chi connectivity index (χ2v) is 5.66. The van der Waals surface area contributed by atoms with Crippen LogP contribution < -0.4 is 9.64 Å². The molecule has 3 aromatic rings. The lowest BCUT2D eigenvalue weighted by atomic mass is 10.3. The maximum atomic E-state index is 5.66. The molecule has 0 aromatic carbocycles. The number of hydrogen-bond donors (Lipinski definition) is 0. The molecule has 0 bridgehead atoms. The molecule has 4 rings (SSSR count). The molecule has 0 saturated carbocycles. The van der Waals surface area contributed by atoms with Gasteiger partial charge in [-0.2, -0.15) is 4.98 Å². The van der Waals surface area contributed by atoms with Gasteiger partial charge < -0.3 is 18.5 Å². The Labute approximate surface area is 144 Å². The van der Waals surface area contributed by atoms with E-state index in [1.165, 1.54) is 0 Å². The monoisotopic (exact) mass is 342 g/mol. The van der Waals surface area contributed by atoms with Crippen LogP contribution in [-0.2, 0) is 6.54 Å². The number of anilines is 1. The van der Waals surface area contributed by atoms with Crippen molar-refractivity contribution in [2.24, 2.45) is 0 Å². The Morgan fingerprint density at radius 2 is 2.04 bits per heavy atom. The average molecular weight is 342 g/mol. The number of methoxy groups -OCH3 is 1. The van der Waals surface area contributed by atoms with Gasteiger partial charge in [0.2, 0.25) is 11.8 Å². The minimum atomic E-state index is 0.408. The van der Waals surface area contributed by atoms with Crippen molar-refractivity contribution in [2.45, 2.75) is 6.54 Å². The molecule has 1 aliphatic heterocycles. The van der Waals surface area contributed by atoms with Crippen LogP contribution in [0.1, 0.15) is 5.89 Å². The summed E-state index contributed by atoms with van der Waals surface area (Å²) in [5, 5.41) is 8.12. The lowest BCUT2D eigenvalue weighted by Gasteiger charge is -2.34. The van der Waals surface area contributed by atoms with Crippen molar-refractivity contribution in [1.82, 2.24) is 25.1 Å². The first-order chi connectivity index (χ1) is 12.3. The molecule has 1 saturated heterocycles. The van der Waals surface area contributed by atoms with Crippen molar-refractivity contribution >= 4 is 5.82 Å². The van der Waals surface area contributed by atoms with Crippen LogP contribution in [0.25, 0.3) is 11.7 Å². The maximum Gasteiger partial charge on any atom is 0.283 e. The van der Waals surface area contributed by atoms with Crippen LogP contribution in [-0.4, -0.2) is 58.4 Å². The highest BCUT2D eigenvalue weighted by Gasteiger charge is 2.21. The van der Waals surface area contributed by atoms with Gasteiger partial charge >= 0.3 is 0 Å². The minimum absolute atomic E-state index is 0.408. The number of piperazine rings is 1. The molecule has 0 radical (unpaired) electrons. The van der Waals surface area contributed by atoms with Crippen LogP contribution in [0, 0.1) is 0 Å². The number of furan rings is 1. The highest BCUT2D eigenvalue weighted by molar-refractivity contribution is 5.42. The Hall–Kier alpha value is -2.94. The lowest BCUT2D eigenvalue weighted by Crippen LogP contribution is -2.46. The summed E-state index contributed by atoms with van der Waals surface area (Å²) >= 11 is 0. The van der Waals surface area contributed by atoms with Gasteiger partial charge in [-0.1, -0.05) is 0 Å². The molecule has 0 unspecified atom stereocenters. The third-order valence-corrected chi connectivity index (χ3v) is 4.06. The second-order valence-electron chi connectivity index (χ2n) is 5.66. The van der Waals surface area contributed by atoms with E-state index in [1.54, 1.807) is 37.9 Å². The van der Waals surface area contributed by atoms with E-state index in [4.69, 9.17) is 13.6 Å². The molecule has 0 aliphatic carbocycles. The summed E-state index contributed by atoms with van der Waals surface area (Å²) < 4.78 is 16.1. The number of ether oxygens (including phenoxy) is 1. The van der Waals surface area contributed by atoms with E-state index in [0.29, 0.717) is 30.0 Å². The van der Waals surface area contributed by atoms with Gasteiger partial charge in [-0.15, -0.1) is 10.2 Å². The Morgan fingerprint density at radius 1 is 1.16 bits per heavy atom. The minimum Gasteiger partial charge on any atom is -0.480 e. The molecule has 1 fully saturated rings. The molecule has 25 heavy (non-hydrogen) atoms. The zero-order valence-electron chi connectivity index (χ0n) is 13.8. The topological polar surface area (TPSA) is 93.6 Å². The van der Waals surface area contributed by atoms with Crippen molar-refractivity contribution in [3.63, 3.8) is 0 Å². The first kappa shape index (κ1) is 15.6. The molecule has 0 N–H and O–H groups in total. The summed E-state index contributed by atoms with van der Waals surface area (Å²) in [5.41, 5.74) is 0. The fourth-order valence-corrected chi connectivity index (χ4v) is 2.73. The Balaban J connectivity index is 1.34. The lowest BCUT2D eigenvalue weighted by molar-refractivity contribution is 0.226. The van der Waals surface area contributed by atoms with Crippen LogP contribution >= 0.6 is 0 Å². The summed E-state index contributed by atoms with van der Waals surface area (Å²) in [5.74, 6) is 2.93. The van der Waals surface area contributed by atoms with E-state index in [-0.39, 0.29) is 0 Å². The quantitative estimate of drug-likeness (QED) is 0.683. The van der Waals surface area contributed by atoms with Crippen LogP contribution in [0.5, 0.6) is 5.88 Å². The Bertz CT molecular complexity index is 811. The standard InChI is InChI=1S/C16H18N6O3/c1-23-14-10-17-9-13(18-14)22-6-4-21(5-7-22)11-15-19-20-16(25-15)12-3-2-8-24-12/h2-3,8-10H,4-7,11H2,1H3. The van der Waals surface area contributed by atoms with E-state index in [0.717, 1.165) is 32.0 Å². The first-order valence-electron chi connectivity index (χ1n) is 8.01. The molecule has 0 amide bonds. The van der Waals surface area contributed by atoms with Crippen molar-refractivity contribution in [3.8, 4) is 17.5 Å². The van der Waals surface area contributed by atoms with Gasteiger partial charge in [0.15, 0.2) is 11.6 Å². The van der Waals surface area contributed by atoms with Crippen molar-refractivity contribution in [1.29, 1.82) is 0 Å². The van der Waals surface area contributed by atoms with E-state index < -0.39 is 0 Å². The smallest absolute Gasteiger partial charge is 0.283 e. The van der Waals surface area contributed by atoms with Gasteiger partial charge in [0.1, 0.15) is 0 Å². The largest absolute Gasteiger partial charge is 0.480 e.